The minimum Gasteiger partial charge on any atom is -0.404 e. The largest absolute Gasteiger partial charge is 0.482 e. The third kappa shape index (κ3) is 5.97. The van der Waals surface area contributed by atoms with Crippen LogP contribution >= 0.6 is 11.6 Å². The van der Waals surface area contributed by atoms with Crippen LogP contribution in [0.4, 0.5) is 4.39 Å². The van der Waals surface area contributed by atoms with Crippen molar-refractivity contribution in [1.82, 2.24) is 10.6 Å². The van der Waals surface area contributed by atoms with E-state index in [4.69, 9.17) is 20.9 Å². The van der Waals surface area contributed by atoms with Crippen LogP contribution in [0.2, 0.25) is 5.02 Å². The lowest BCUT2D eigenvalue weighted by atomic mass is 9.43. The van der Waals surface area contributed by atoms with E-state index in [0.717, 1.165) is 24.0 Å². The lowest BCUT2D eigenvalue weighted by Gasteiger charge is -2.64. The Labute approximate surface area is 257 Å². The highest BCUT2D eigenvalue weighted by Gasteiger charge is 2.68. The van der Waals surface area contributed by atoms with Crippen LogP contribution in [0, 0.1) is 23.1 Å². The van der Waals surface area contributed by atoms with Gasteiger partial charge in [0.15, 0.2) is 0 Å². The Bertz CT molecular complexity index is 1490. The monoisotopic (exact) mass is 602 g/mol. The molecule has 3 saturated carbocycles. The highest BCUT2D eigenvalue weighted by atomic mass is 35.5. The van der Waals surface area contributed by atoms with Gasteiger partial charge in [-0.2, -0.15) is 0 Å². The summed E-state index contributed by atoms with van der Waals surface area (Å²) in [7, 11) is -0.664. The Morgan fingerprint density at radius 2 is 1.74 bits per heavy atom. The third-order valence-corrected chi connectivity index (χ3v) is 10.2. The van der Waals surface area contributed by atoms with Crippen molar-refractivity contribution in [2.24, 2.45) is 17.3 Å². The summed E-state index contributed by atoms with van der Waals surface area (Å²) in [5.74, 6) is -0.446. The fraction of sp³-hybridized carbons (Fsp3) is 0.412. The number of hydrogen-bond acceptors (Lipinski definition) is 4. The zero-order valence-corrected chi connectivity index (χ0v) is 25.4. The molecule has 3 aromatic carbocycles. The van der Waals surface area contributed by atoms with Crippen LogP contribution in [0.15, 0.2) is 78.9 Å². The normalized spacial score (nSPS) is 26.5. The standard InChI is InChI=1S/C34H37BClFN2O4/c1-33(2)24-18-28(33)34(3)29(19-24)42-35(43-34)30(16-21-12-14-26(37)15-13-21)39-31(40)20-27(23-10-7-11-25(36)17-23)38-32(41)22-8-5-4-6-9-22/h4-15,17,24,27-30H,16,18-20H2,1-3H3,(H,38,41)(H,39,40)/t24-,27?,28-,29+,30-,34-/m0/s1. The summed E-state index contributed by atoms with van der Waals surface area (Å²) in [5, 5.41) is 6.68. The molecule has 1 unspecified atom stereocenters. The first-order valence-corrected chi connectivity index (χ1v) is 15.4. The summed E-state index contributed by atoms with van der Waals surface area (Å²) in [5.41, 5.74) is 1.81. The summed E-state index contributed by atoms with van der Waals surface area (Å²) < 4.78 is 27.0. The Balaban J connectivity index is 1.22. The molecule has 224 valence electrons. The van der Waals surface area contributed by atoms with Crippen LogP contribution in [0.1, 0.15) is 67.6 Å². The Morgan fingerprint density at radius 3 is 2.44 bits per heavy atom. The molecule has 2 bridgehead atoms. The van der Waals surface area contributed by atoms with Crippen LogP contribution < -0.4 is 10.6 Å². The molecular weight excluding hydrogens is 566 g/mol. The average Bonchev–Trinajstić information content (AvgIpc) is 3.35. The van der Waals surface area contributed by atoms with Gasteiger partial charge >= 0.3 is 7.12 Å². The van der Waals surface area contributed by atoms with E-state index in [9.17, 15) is 14.0 Å². The first-order chi connectivity index (χ1) is 20.5. The Hall–Kier alpha value is -3.20. The van der Waals surface area contributed by atoms with Crippen LogP contribution in [0.3, 0.4) is 0 Å². The molecule has 1 heterocycles. The smallest absolute Gasteiger partial charge is 0.404 e. The molecule has 1 aliphatic heterocycles. The molecule has 0 spiro atoms. The number of halogens is 2. The van der Waals surface area contributed by atoms with E-state index in [1.54, 1.807) is 54.6 Å². The maximum atomic E-state index is 13.7. The second-order valence-corrected chi connectivity index (χ2v) is 13.4. The molecule has 4 aliphatic rings. The van der Waals surface area contributed by atoms with E-state index in [1.165, 1.54) is 12.1 Å². The molecule has 2 amide bonds. The van der Waals surface area contributed by atoms with E-state index in [1.807, 2.05) is 12.1 Å². The predicted octanol–water partition coefficient (Wildman–Crippen LogP) is 6.34. The van der Waals surface area contributed by atoms with Crippen LogP contribution in [-0.2, 0) is 20.5 Å². The van der Waals surface area contributed by atoms with Gasteiger partial charge in [0.2, 0.25) is 5.91 Å². The topological polar surface area (TPSA) is 76.7 Å². The number of hydrogen-bond donors (Lipinski definition) is 2. The molecule has 43 heavy (non-hydrogen) atoms. The predicted molar refractivity (Wildman–Crippen MR) is 165 cm³/mol. The second kappa shape index (κ2) is 11.7. The van der Waals surface area contributed by atoms with Gasteiger partial charge in [-0.3, -0.25) is 9.59 Å². The van der Waals surface area contributed by atoms with Crippen LogP contribution in [-0.4, -0.2) is 36.6 Å². The van der Waals surface area contributed by atoms with Crippen molar-refractivity contribution in [3.05, 3.63) is 106 Å². The van der Waals surface area contributed by atoms with Crippen molar-refractivity contribution in [1.29, 1.82) is 0 Å². The van der Waals surface area contributed by atoms with Crippen molar-refractivity contribution in [3.63, 3.8) is 0 Å². The zero-order valence-electron chi connectivity index (χ0n) is 24.7. The number of benzene rings is 3. The summed E-state index contributed by atoms with van der Waals surface area (Å²) in [6.45, 7) is 6.76. The molecule has 9 heteroatoms. The highest BCUT2D eigenvalue weighted by Crippen LogP contribution is 2.65. The molecule has 0 radical (unpaired) electrons. The van der Waals surface area contributed by atoms with Crippen LogP contribution in [0.5, 0.6) is 0 Å². The van der Waals surface area contributed by atoms with Gasteiger partial charge in [0.1, 0.15) is 5.82 Å². The number of carbonyl (C=O) groups excluding carboxylic acids is 2. The van der Waals surface area contributed by atoms with E-state index >= 15 is 0 Å². The SMILES string of the molecule is CC1(C)[C@@H]2C[C@H]3OB([C@H](Cc4ccc(F)cc4)NC(=O)CC(NC(=O)c4ccccc4)c4cccc(Cl)c4)O[C@@]3(C)[C@H]1C2. The first kappa shape index (κ1) is 29.9. The van der Waals surface area contributed by atoms with Gasteiger partial charge in [-0.15, -0.1) is 0 Å². The Morgan fingerprint density at radius 1 is 1.00 bits per heavy atom. The van der Waals surface area contributed by atoms with Gasteiger partial charge in [0, 0.05) is 10.6 Å². The molecule has 3 aliphatic carbocycles. The molecule has 2 N–H and O–H groups in total. The number of carbonyl (C=O) groups is 2. The maximum absolute atomic E-state index is 13.7. The minimum absolute atomic E-state index is 0.0238. The molecule has 0 aromatic heterocycles. The molecule has 6 atom stereocenters. The van der Waals surface area contributed by atoms with Gasteiger partial charge in [-0.25, -0.2) is 4.39 Å². The van der Waals surface area contributed by atoms with Crippen molar-refractivity contribution >= 4 is 30.5 Å². The lowest BCUT2D eigenvalue weighted by Crippen LogP contribution is -2.65. The maximum Gasteiger partial charge on any atom is 0.482 e. The van der Waals surface area contributed by atoms with E-state index in [-0.39, 0.29) is 35.6 Å². The van der Waals surface area contributed by atoms with Gasteiger partial charge in [0.25, 0.3) is 5.91 Å². The average molecular weight is 603 g/mol. The fourth-order valence-corrected chi connectivity index (χ4v) is 7.62. The fourth-order valence-electron chi connectivity index (χ4n) is 7.42. The number of amides is 2. The minimum atomic E-state index is -0.664. The van der Waals surface area contributed by atoms with Crippen molar-refractivity contribution < 1.29 is 23.3 Å². The number of nitrogens with one attached hydrogen (secondary N) is 2. The lowest BCUT2D eigenvalue weighted by molar-refractivity contribution is -0.199. The first-order valence-electron chi connectivity index (χ1n) is 15.0. The summed E-state index contributed by atoms with van der Waals surface area (Å²) in [4.78, 5) is 26.9. The third-order valence-electron chi connectivity index (χ3n) is 9.99. The van der Waals surface area contributed by atoms with Crippen LogP contribution in [0.25, 0.3) is 0 Å². The van der Waals surface area contributed by atoms with Gasteiger partial charge < -0.3 is 19.9 Å². The quantitative estimate of drug-likeness (QED) is 0.281. The summed E-state index contributed by atoms with van der Waals surface area (Å²) in [6, 6.07) is 21.6. The molecule has 6 nitrogen and oxygen atoms in total. The molecule has 7 rings (SSSR count). The van der Waals surface area contributed by atoms with Gasteiger partial charge in [-0.05, 0) is 91.0 Å². The second-order valence-electron chi connectivity index (χ2n) is 13.0. The van der Waals surface area contributed by atoms with E-state index in [0.29, 0.717) is 28.8 Å². The summed E-state index contributed by atoms with van der Waals surface area (Å²) >= 11 is 6.29. The van der Waals surface area contributed by atoms with Crippen molar-refractivity contribution in [2.45, 2.75) is 70.1 Å². The molecule has 4 fully saturated rings. The molecule has 3 aromatic rings. The van der Waals surface area contributed by atoms with Crippen molar-refractivity contribution in [2.75, 3.05) is 0 Å². The van der Waals surface area contributed by atoms with Crippen molar-refractivity contribution in [3.8, 4) is 0 Å². The molecular formula is C34H37BClFN2O4. The molecule has 1 saturated heterocycles. The Kier molecular flexibility index (Phi) is 8.13. The summed E-state index contributed by atoms with van der Waals surface area (Å²) in [6.07, 6.45) is 2.37. The van der Waals surface area contributed by atoms with Gasteiger partial charge in [0.05, 0.1) is 30.1 Å². The van der Waals surface area contributed by atoms with Gasteiger partial charge in [-0.1, -0.05) is 67.9 Å². The highest BCUT2D eigenvalue weighted by molar-refractivity contribution is 6.48. The number of rotatable bonds is 9. The van der Waals surface area contributed by atoms with E-state index in [2.05, 4.69) is 31.4 Å². The van der Waals surface area contributed by atoms with E-state index < -0.39 is 24.7 Å². The zero-order chi connectivity index (χ0) is 30.4.